The molecular weight excluding hydrogens is 392 g/mol. The van der Waals surface area contributed by atoms with Crippen LogP contribution in [0.4, 0.5) is 0 Å². The van der Waals surface area contributed by atoms with Gasteiger partial charge >= 0.3 is 0 Å². The molecule has 158 valence electrons. The number of amides is 2. The van der Waals surface area contributed by atoms with Gasteiger partial charge in [-0.25, -0.2) is 8.42 Å². The Morgan fingerprint density at radius 3 is 2.48 bits per heavy atom. The molecule has 4 aliphatic rings. The van der Waals surface area contributed by atoms with E-state index in [1.807, 2.05) is 0 Å². The molecule has 1 saturated heterocycles. The van der Waals surface area contributed by atoms with E-state index < -0.39 is 10.0 Å². The van der Waals surface area contributed by atoms with E-state index in [9.17, 15) is 18.0 Å². The van der Waals surface area contributed by atoms with Crippen molar-refractivity contribution in [1.82, 2.24) is 15.1 Å². The largest absolute Gasteiger partial charge is 0.353 e. The third-order valence-electron chi connectivity index (χ3n) is 6.19. The standard InChI is InChI=1S/C20H28N4O4S/c25-19(15-5-2-1-3-6-15)21-16-8-11-24(12-9-16)20(26)17-7-4-10-23-13-14-29(27,28)22-18(17)23/h4,7,10,15-16H,1-3,5-6,8-9,11-14H2,(H,21,25). The van der Waals surface area contributed by atoms with Crippen LogP contribution in [0.25, 0.3) is 0 Å². The van der Waals surface area contributed by atoms with Crippen molar-refractivity contribution < 1.29 is 18.0 Å². The Morgan fingerprint density at radius 1 is 1.03 bits per heavy atom. The van der Waals surface area contributed by atoms with Crippen molar-refractivity contribution in [2.75, 3.05) is 25.4 Å². The molecule has 0 aromatic rings. The first-order valence-corrected chi connectivity index (χ1v) is 12.1. The third kappa shape index (κ3) is 4.55. The fourth-order valence-corrected chi connectivity index (χ4v) is 5.45. The highest BCUT2D eigenvalue weighted by atomic mass is 32.2. The van der Waals surface area contributed by atoms with Crippen molar-refractivity contribution in [3.05, 3.63) is 23.9 Å². The minimum Gasteiger partial charge on any atom is -0.353 e. The summed E-state index contributed by atoms with van der Waals surface area (Å²) in [7, 11) is -3.53. The molecule has 0 aromatic carbocycles. The van der Waals surface area contributed by atoms with Gasteiger partial charge in [0.05, 0.1) is 11.3 Å². The summed E-state index contributed by atoms with van der Waals surface area (Å²) in [5.41, 5.74) is 0.320. The number of hydrogen-bond donors (Lipinski definition) is 1. The van der Waals surface area contributed by atoms with E-state index in [0.29, 0.717) is 38.0 Å². The van der Waals surface area contributed by atoms with Gasteiger partial charge in [0.25, 0.3) is 15.9 Å². The Morgan fingerprint density at radius 2 is 1.76 bits per heavy atom. The third-order valence-corrected chi connectivity index (χ3v) is 7.34. The minimum atomic E-state index is -3.53. The smallest absolute Gasteiger partial charge is 0.257 e. The number of carbonyl (C=O) groups is 2. The second-order valence-electron chi connectivity index (χ2n) is 8.23. The van der Waals surface area contributed by atoms with E-state index in [-0.39, 0.29) is 35.4 Å². The number of nitrogens with zero attached hydrogens (tertiary/aromatic N) is 3. The number of amidine groups is 1. The van der Waals surface area contributed by atoms with Crippen LogP contribution in [-0.4, -0.2) is 67.3 Å². The molecule has 2 amide bonds. The predicted molar refractivity (Wildman–Crippen MR) is 109 cm³/mol. The molecule has 3 heterocycles. The lowest BCUT2D eigenvalue weighted by atomic mass is 9.88. The Balaban J connectivity index is 1.35. The van der Waals surface area contributed by atoms with Gasteiger partial charge < -0.3 is 15.1 Å². The molecule has 1 N–H and O–H groups in total. The van der Waals surface area contributed by atoms with Crippen LogP contribution in [0.15, 0.2) is 28.3 Å². The molecule has 0 radical (unpaired) electrons. The molecule has 0 unspecified atom stereocenters. The average Bonchev–Trinajstić information content (AvgIpc) is 2.73. The Bertz CT molecular complexity index is 863. The van der Waals surface area contributed by atoms with E-state index in [0.717, 1.165) is 25.7 Å². The zero-order chi connectivity index (χ0) is 20.4. The first-order valence-electron chi connectivity index (χ1n) is 10.5. The van der Waals surface area contributed by atoms with E-state index in [1.165, 1.54) is 6.42 Å². The van der Waals surface area contributed by atoms with Gasteiger partial charge in [0.1, 0.15) is 0 Å². The van der Waals surface area contributed by atoms with Crippen LogP contribution in [0.2, 0.25) is 0 Å². The summed E-state index contributed by atoms with van der Waals surface area (Å²) in [6.45, 7) is 1.38. The van der Waals surface area contributed by atoms with Gasteiger partial charge in [-0.3, -0.25) is 9.59 Å². The van der Waals surface area contributed by atoms with Crippen LogP contribution in [0.1, 0.15) is 44.9 Å². The highest BCUT2D eigenvalue weighted by Gasteiger charge is 2.34. The maximum atomic E-state index is 13.0. The lowest BCUT2D eigenvalue weighted by molar-refractivity contribution is -0.128. The van der Waals surface area contributed by atoms with Gasteiger partial charge in [-0.15, -0.1) is 4.40 Å². The fraction of sp³-hybridized carbons (Fsp3) is 0.650. The zero-order valence-electron chi connectivity index (χ0n) is 16.5. The summed E-state index contributed by atoms with van der Waals surface area (Å²) in [6.07, 6.45) is 12.0. The summed E-state index contributed by atoms with van der Waals surface area (Å²) in [4.78, 5) is 28.9. The monoisotopic (exact) mass is 420 g/mol. The van der Waals surface area contributed by atoms with Crippen molar-refractivity contribution in [1.29, 1.82) is 0 Å². The lowest BCUT2D eigenvalue weighted by Crippen LogP contribution is -2.50. The van der Waals surface area contributed by atoms with E-state index in [2.05, 4.69) is 9.71 Å². The first kappa shape index (κ1) is 20.1. The summed E-state index contributed by atoms with van der Waals surface area (Å²) in [5, 5.41) is 3.17. The molecule has 0 aromatic heterocycles. The Hall–Kier alpha value is -2.16. The molecule has 1 aliphatic carbocycles. The first-order chi connectivity index (χ1) is 13.9. The molecule has 9 heteroatoms. The maximum Gasteiger partial charge on any atom is 0.257 e. The summed E-state index contributed by atoms with van der Waals surface area (Å²) < 4.78 is 27.6. The van der Waals surface area contributed by atoms with Crippen molar-refractivity contribution in [2.45, 2.75) is 51.0 Å². The van der Waals surface area contributed by atoms with E-state index >= 15 is 0 Å². The molecule has 0 bridgehead atoms. The van der Waals surface area contributed by atoms with Gasteiger partial charge in [0.2, 0.25) is 5.91 Å². The van der Waals surface area contributed by atoms with Crippen molar-refractivity contribution in [2.24, 2.45) is 10.3 Å². The zero-order valence-corrected chi connectivity index (χ0v) is 17.4. The molecule has 0 spiro atoms. The van der Waals surface area contributed by atoms with Crippen molar-refractivity contribution in [3.63, 3.8) is 0 Å². The molecule has 2 fully saturated rings. The van der Waals surface area contributed by atoms with Gasteiger partial charge in [-0.05, 0) is 37.8 Å². The summed E-state index contributed by atoms with van der Waals surface area (Å²) >= 11 is 0. The number of carbonyl (C=O) groups excluding carboxylic acids is 2. The second kappa shape index (κ2) is 8.30. The molecule has 1 saturated carbocycles. The number of fused-ring (bicyclic) bond motifs is 1. The topological polar surface area (TPSA) is 99.1 Å². The molecule has 0 atom stereocenters. The Labute approximate surface area is 171 Å². The summed E-state index contributed by atoms with van der Waals surface area (Å²) in [5.74, 6) is 0.268. The highest BCUT2D eigenvalue weighted by Crippen LogP contribution is 2.25. The van der Waals surface area contributed by atoms with Crippen LogP contribution < -0.4 is 5.32 Å². The maximum absolute atomic E-state index is 13.0. The number of sulfonamides is 1. The van der Waals surface area contributed by atoms with Crippen LogP contribution in [-0.2, 0) is 19.6 Å². The minimum absolute atomic E-state index is 0.0472. The average molecular weight is 421 g/mol. The van der Waals surface area contributed by atoms with Crippen molar-refractivity contribution in [3.8, 4) is 0 Å². The number of piperidine rings is 1. The number of hydrogen-bond acceptors (Lipinski definition) is 5. The number of rotatable bonds is 3. The normalized spacial score (nSPS) is 25.1. The van der Waals surface area contributed by atoms with Crippen LogP contribution >= 0.6 is 0 Å². The molecular formula is C20H28N4O4S. The highest BCUT2D eigenvalue weighted by molar-refractivity contribution is 7.90. The Kier molecular flexibility index (Phi) is 5.76. The fourth-order valence-electron chi connectivity index (χ4n) is 4.46. The van der Waals surface area contributed by atoms with Gasteiger partial charge in [-0.1, -0.05) is 19.3 Å². The van der Waals surface area contributed by atoms with Crippen LogP contribution in [0.5, 0.6) is 0 Å². The van der Waals surface area contributed by atoms with Gasteiger partial charge in [-0.2, -0.15) is 0 Å². The number of nitrogens with one attached hydrogen (secondary N) is 1. The van der Waals surface area contributed by atoms with Crippen LogP contribution in [0.3, 0.4) is 0 Å². The number of likely N-dealkylation sites (tertiary alicyclic amines) is 1. The molecule has 8 nitrogen and oxygen atoms in total. The molecule has 3 aliphatic heterocycles. The van der Waals surface area contributed by atoms with Crippen LogP contribution in [0, 0.1) is 5.92 Å². The SMILES string of the molecule is O=C(NC1CCN(C(=O)C2=CC=CN3CCS(=O)(=O)N=C23)CC1)C1CCCCC1. The quantitative estimate of drug-likeness (QED) is 0.739. The molecule has 4 rings (SSSR count). The summed E-state index contributed by atoms with van der Waals surface area (Å²) in [6, 6.07) is 0.0950. The molecule has 29 heavy (non-hydrogen) atoms. The van der Waals surface area contributed by atoms with E-state index in [4.69, 9.17) is 0 Å². The van der Waals surface area contributed by atoms with Gasteiger partial charge in [0.15, 0.2) is 5.84 Å². The van der Waals surface area contributed by atoms with Crippen molar-refractivity contribution >= 4 is 27.7 Å². The number of allylic oxidation sites excluding steroid dienone is 2. The second-order valence-corrected chi connectivity index (χ2v) is 9.98. The van der Waals surface area contributed by atoms with Gasteiger partial charge in [0, 0.05) is 37.8 Å². The van der Waals surface area contributed by atoms with E-state index in [1.54, 1.807) is 28.2 Å². The predicted octanol–water partition coefficient (Wildman–Crippen LogP) is 1.17. The lowest BCUT2D eigenvalue weighted by Gasteiger charge is -2.35.